The topological polar surface area (TPSA) is 89.6 Å². The number of ketones is 1. The van der Waals surface area contributed by atoms with E-state index in [9.17, 15) is 13.2 Å². The van der Waals surface area contributed by atoms with Gasteiger partial charge in [0.25, 0.3) is 0 Å². The summed E-state index contributed by atoms with van der Waals surface area (Å²) in [5.41, 5.74) is 4.06. The molecule has 1 aromatic carbocycles. The molecule has 34 heavy (non-hydrogen) atoms. The standard InChI is InChI=1S/C24H27N5O3S2/c1-5-27(6-2)34(31,32)20-12-13-23-25-26-24(28(23)15-20)33-16-22(30)21-14-17(3)29(18(21)4)19-10-8-7-9-11-19/h7-15H,5-6,16H2,1-4H3. The third-order valence-corrected chi connectivity index (χ3v) is 8.74. The summed E-state index contributed by atoms with van der Waals surface area (Å²) in [6.45, 7) is 8.30. The number of carbonyl (C=O) groups excluding carboxylic acids is 1. The lowest BCUT2D eigenvalue weighted by Crippen LogP contribution is -2.30. The van der Waals surface area contributed by atoms with Gasteiger partial charge in [0.1, 0.15) is 0 Å². The summed E-state index contributed by atoms with van der Waals surface area (Å²) in [6, 6.07) is 15.0. The van der Waals surface area contributed by atoms with Crippen molar-refractivity contribution in [1.82, 2.24) is 23.5 Å². The molecule has 3 heterocycles. The fraction of sp³-hybridized carbons (Fsp3) is 0.292. The number of pyridine rings is 1. The third kappa shape index (κ3) is 4.40. The molecule has 0 aliphatic rings. The van der Waals surface area contributed by atoms with Crippen LogP contribution in [-0.4, -0.2) is 56.5 Å². The molecular weight excluding hydrogens is 470 g/mol. The summed E-state index contributed by atoms with van der Waals surface area (Å²) in [6.07, 6.45) is 1.52. The number of para-hydroxylation sites is 1. The molecule has 10 heteroatoms. The molecule has 0 saturated heterocycles. The summed E-state index contributed by atoms with van der Waals surface area (Å²) in [5, 5.41) is 8.76. The first-order chi connectivity index (χ1) is 16.3. The van der Waals surface area contributed by atoms with E-state index in [0.717, 1.165) is 17.1 Å². The first-order valence-electron chi connectivity index (χ1n) is 11.0. The lowest BCUT2D eigenvalue weighted by molar-refractivity contribution is 0.102. The third-order valence-electron chi connectivity index (χ3n) is 5.77. The van der Waals surface area contributed by atoms with Crippen molar-refractivity contribution in [3.05, 3.63) is 71.7 Å². The van der Waals surface area contributed by atoms with Crippen LogP contribution in [0.5, 0.6) is 0 Å². The maximum absolute atomic E-state index is 13.1. The Morgan fingerprint density at radius 1 is 1.03 bits per heavy atom. The van der Waals surface area contributed by atoms with Crippen molar-refractivity contribution in [2.24, 2.45) is 0 Å². The van der Waals surface area contributed by atoms with Crippen LogP contribution in [0.4, 0.5) is 0 Å². The zero-order valence-electron chi connectivity index (χ0n) is 19.6. The van der Waals surface area contributed by atoms with Gasteiger partial charge in [-0.2, -0.15) is 4.31 Å². The molecule has 0 spiro atoms. The van der Waals surface area contributed by atoms with E-state index in [0.29, 0.717) is 29.5 Å². The van der Waals surface area contributed by atoms with E-state index >= 15 is 0 Å². The SMILES string of the molecule is CCN(CC)S(=O)(=O)c1ccc2nnc(SCC(=O)c3cc(C)n(-c4ccccc4)c3C)n2c1. The molecular formula is C24H27N5O3S2. The average molecular weight is 498 g/mol. The molecule has 3 aromatic heterocycles. The van der Waals surface area contributed by atoms with Crippen LogP contribution in [0.25, 0.3) is 11.3 Å². The number of rotatable bonds is 9. The Labute approximate surface area is 203 Å². The van der Waals surface area contributed by atoms with Crippen LogP contribution in [0.2, 0.25) is 0 Å². The summed E-state index contributed by atoms with van der Waals surface area (Å²) >= 11 is 1.24. The Balaban J connectivity index is 1.58. The van der Waals surface area contributed by atoms with Crippen LogP contribution in [0.15, 0.2) is 64.8 Å². The van der Waals surface area contributed by atoms with Crippen molar-refractivity contribution in [2.75, 3.05) is 18.8 Å². The highest BCUT2D eigenvalue weighted by Crippen LogP contribution is 2.25. The highest BCUT2D eigenvalue weighted by atomic mass is 32.2. The minimum absolute atomic E-state index is 0.0241. The molecule has 0 fully saturated rings. The van der Waals surface area contributed by atoms with Gasteiger partial charge >= 0.3 is 0 Å². The first kappa shape index (κ1) is 24.2. The number of benzene rings is 1. The molecule has 0 aliphatic carbocycles. The molecule has 0 N–H and O–H groups in total. The zero-order chi connectivity index (χ0) is 24.5. The maximum Gasteiger partial charge on any atom is 0.244 e. The molecule has 8 nitrogen and oxygen atoms in total. The summed E-state index contributed by atoms with van der Waals surface area (Å²) in [4.78, 5) is 13.3. The molecule has 0 bridgehead atoms. The molecule has 4 aromatic rings. The predicted octanol–water partition coefficient (Wildman–Crippen LogP) is 4.14. The number of carbonyl (C=O) groups is 1. The molecule has 0 radical (unpaired) electrons. The molecule has 178 valence electrons. The smallest absolute Gasteiger partial charge is 0.244 e. The number of thioether (sulfide) groups is 1. The van der Waals surface area contributed by atoms with Gasteiger partial charge in [0.05, 0.1) is 10.6 Å². The molecule has 0 amide bonds. The van der Waals surface area contributed by atoms with Gasteiger partial charge in [-0.25, -0.2) is 8.42 Å². The predicted molar refractivity (Wildman–Crippen MR) is 133 cm³/mol. The molecule has 4 rings (SSSR count). The van der Waals surface area contributed by atoms with E-state index in [1.807, 2.05) is 50.2 Å². The number of hydrogen-bond acceptors (Lipinski definition) is 6. The van der Waals surface area contributed by atoms with Crippen molar-refractivity contribution in [2.45, 2.75) is 37.7 Å². The minimum Gasteiger partial charge on any atom is -0.318 e. The van der Waals surface area contributed by atoms with Gasteiger partial charge in [-0.1, -0.05) is 43.8 Å². The lowest BCUT2D eigenvalue weighted by atomic mass is 10.2. The largest absolute Gasteiger partial charge is 0.318 e. The Morgan fingerprint density at radius 3 is 2.41 bits per heavy atom. The van der Waals surface area contributed by atoms with Gasteiger partial charge in [0, 0.05) is 41.9 Å². The number of aromatic nitrogens is 4. The van der Waals surface area contributed by atoms with Crippen molar-refractivity contribution in [3.8, 4) is 5.69 Å². The van der Waals surface area contributed by atoms with E-state index in [1.54, 1.807) is 24.3 Å². The van der Waals surface area contributed by atoms with Gasteiger partial charge in [-0.15, -0.1) is 10.2 Å². The fourth-order valence-corrected chi connectivity index (χ4v) is 6.30. The number of fused-ring (bicyclic) bond motifs is 1. The van der Waals surface area contributed by atoms with Crippen LogP contribution >= 0.6 is 11.8 Å². The van der Waals surface area contributed by atoms with Gasteiger partial charge < -0.3 is 4.57 Å². The average Bonchev–Trinajstić information content (AvgIpc) is 3.38. The van der Waals surface area contributed by atoms with Crippen LogP contribution < -0.4 is 0 Å². The molecule has 0 atom stereocenters. The van der Waals surface area contributed by atoms with E-state index < -0.39 is 10.0 Å². The summed E-state index contributed by atoms with van der Waals surface area (Å²) in [5.74, 6) is 0.136. The van der Waals surface area contributed by atoms with Crippen molar-refractivity contribution >= 4 is 33.2 Å². The van der Waals surface area contributed by atoms with Crippen molar-refractivity contribution in [3.63, 3.8) is 0 Å². The quantitative estimate of drug-likeness (QED) is 0.255. The Bertz CT molecular complexity index is 1440. The van der Waals surface area contributed by atoms with Crippen LogP contribution in [-0.2, 0) is 10.0 Å². The van der Waals surface area contributed by atoms with E-state index in [2.05, 4.69) is 14.8 Å². The monoisotopic (exact) mass is 497 g/mol. The molecule has 0 unspecified atom stereocenters. The summed E-state index contributed by atoms with van der Waals surface area (Å²) in [7, 11) is -3.62. The van der Waals surface area contributed by atoms with Gasteiger partial charge in [-0.05, 0) is 44.2 Å². The van der Waals surface area contributed by atoms with Gasteiger partial charge in [0.2, 0.25) is 10.0 Å². The number of nitrogens with zero attached hydrogens (tertiary/aromatic N) is 5. The second-order valence-electron chi connectivity index (χ2n) is 7.83. The van der Waals surface area contributed by atoms with Crippen molar-refractivity contribution in [1.29, 1.82) is 0 Å². The lowest BCUT2D eigenvalue weighted by Gasteiger charge is -2.18. The zero-order valence-corrected chi connectivity index (χ0v) is 21.2. The number of aryl methyl sites for hydroxylation is 1. The van der Waals surface area contributed by atoms with Gasteiger partial charge in [0.15, 0.2) is 16.6 Å². The number of Topliss-reactive ketones (excluding diaryl/α,β-unsaturated/α-hetero) is 1. The Morgan fingerprint density at radius 2 is 1.74 bits per heavy atom. The Hall–Kier alpha value is -2.95. The highest BCUT2D eigenvalue weighted by Gasteiger charge is 2.23. The number of hydrogen-bond donors (Lipinski definition) is 0. The molecule has 0 aliphatic heterocycles. The number of sulfonamides is 1. The highest BCUT2D eigenvalue weighted by molar-refractivity contribution is 7.99. The first-order valence-corrected chi connectivity index (χ1v) is 13.5. The fourth-order valence-electron chi connectivity index (χ4n) is 4.04. The summed E-state index contributed by atoms with van der Waals surface area (Å²) < 4.78 is 30.9. The van der Waals surface area contributed by atoms with Crippen LogP contribution in [0, 0.1) is 13.8 Å². The van der Waals surface area contributed by atoms with E-state index in [-0.39, 0.29) is 16.4 Å². The van der Waals surface area contributed by atoms with Crippen molar-refractivity contribution < 1.29 is 13.2 Å². The van der Waals surface area contributed by atoms with Gasteiger partial charge in [-0.3, -0.25) is 9.20 Å². The van der Waals surface area contributed by atoms with E-state index in [1.165, 1.54) is 28.3 Å². The normalized spacial score (nSPS) is 12.0. The van der Waals surface area contributed by atoms with Crippen LogP contribution in [0.1, 0.15) is 35.6 Å². The minimum atomic E-state index is -3.62. The molecule has 0 saturated carbocycles. The second-order valence-corrected chi connectivity index (χ2v) is 10.7. The van der Waals surface area contributed by atoms with Crippen LogP contribution in [0.3, 0.4) is 0 Å². The second kappa shape index (κ2) is 9.73. The maximum atomic E-state index is 13.1. The Kier molecular flexibility index (Phi) is 6.92. The van der Waals surface area contributed by atoms with E-state index in [4.69, 9.17) is 0 Å².